The van der Waals surface area contributed by atoms with E-state index in [9.17, 15) is 9.18 Å². The summed E-state index contributed by atoms with van der Waals surface area (Å²) >= 11 is 0. The van der Waals surface area contributed by atoms with Crippen molar-refractivity contribution in [2.45, 2.75) is 19.8 Å². The van der Waals surface area contributed by atoms with Crippen molar-refractivity contribution in [2.75, 3.05) is 18.9 Å². The Kier molecular flexibility index (Phi) is 6.32. The zero-order valence-corrected chi connectivity index (χ0v) is 16.0. The molecule has 3 rings (SSSR count). The van der Waals surface area contributed by atoms with E-state index < -0.39 is 0 Å². The Bertz CT molecular complexity index is 943. The van der Waals surface area contributed by atoms with Gasteiger partial charge in [-0.05, 0) is 42.8 Å². The maximum atomic E-state index is 13.4. The molecule has 144 valence electrons. The van der Waals surface area contributed by atoms with Crippen LogP contribution in [0.3, 0.4) is 0 Å². The molecule has 0 saturated heterocycles. The van der Waals surface area contributed by atoms with Crippen molar-refractivity contribution < 1.29 is 9.18 Å². The summed E-state index contributed by atoms with van der Waals surface area (Å²) < 4.78 is 13.4. The zero-order chi connectivity index (χ0) is 19.9. The van der Waals surface area contributed by atoms with Gasteiger partial charge in [-0.15, -0.1) is 0 Å². The second-order valence-corrected chi connectivity index (χ2v) is 6.58. The first-order valence-electron chi connectivity index (χ1n) is 9.27. The first-order chi connectivity index (χ1) is 13.6. The number of benzene rings is 2. The van der Waals surface area contributed by atoms with Crippen LogP contribution in [0.5, 0.6) is 0 Å². The lowest BCUT2D eigenvalue weighted by molar-refractivity contribution is 0.0793. The Morgan fingerprint density at radius 3 is 2.61 bits per heavy atom. The van der Waals surface area contributed by atoms with E-state index in [1.807, 2.05) is 19.2 Å². The van der Waals surface area contributed by atoms with Crippen molar-refractivity contribution in [3.8, 4) is 11.3 Å². The van der Waals surface area contributed by atoms with E-state index in [4.69, 9.17) is 0 Å². The maximum absolute atomic E-state index is 13.4. The first kappa shape index (κ1) is 19.5. The van der Waals surface area contributed by atoms with Gasteiger partial charge in [-0.1, -0.05) is 25.5 Å². The van der Waals surface area contributed by atoms with Crippen LogP contribution >= 0.6 is 0 Å². The summed E-state index contributed by atoms with van der Waals surface area (Å²) in [5.41, 5.74) is 2.76. The predicted molar refractivity (Wildman–Crippen MR) is 109 cm³/mol. The second kappa shape index (κ2) is 9.08. The molecule has 0 aliphatic heterocycles. The van der Waals surface area contributed by atoms with Gasteiger partial charge < -0.3 is 10.2 Å². The number of halogens is 1. The Balaban J connectivity index is 1.71. The molecule has 1 heterocycles. The van der Waals surface area contributed by atoms with Crippen LogP contribution in [-0.2, 0) is 0 Å². The monoisotopic (exact) mass is 378 g/mol. The second-order valence-electron chi connectivity index (χ2n) is 6.58. The highest BCUT2D eigenvalue weighted by molar-refractivity contribution is 5.94. The first-order valence-corrected chi connectivity index (χ1v) is 9.27. The minimum absolute atomic E-state index is 0.00965. The number of nitrogens with one attached hydrogen (secondary N) is 1. The molecular weight excluding hydrogens is 355 g/mol. The van der Waals surface area contributed by atoms with Gasteiger partial charge in [-0.2, -0.15) is 0 Å². The number of carbonyl (C=O) groups excluding carboxylic acids is 1. The summed E-state index contributed by atoms with van der Waals surface area (Å²) in [6.45, 7) is 2.85. The van der Waals surface area contributed by atoms with Gasteiger partial charge in [0, 0.05) is 36.5 Å². The fraction of sp³-hybridized carbons (Fsp3) is 0.227. The van der Waals surface area contributed by atoms with E-state index in [0.29, 0.717) is 22.6 Å². The van der Waals surface area contributed by atoms with Crippen molar-refractivity contribution in [2.24, 2.45) is 0 Å². The Labute approximate surface area is 164 Å². The summed E-state index contributed by atoms with van der Waals surface area (Å²) in [4.78, 5) is 22.6. The molecule has 0 bridgehead atoms. The predicted octanol–water partition coefficient (Wildman–Crippen LogP) is 4.90. The van der Waals surface area contributed by atoms with Crippen molar-refractivity contribution >= 4 is 17.4 Å². The van der Waals surface area contributed by atoms with Crippen LogP contribution in [0.25, 0.3) is 11.3 Å². The molecule has 28 heavy (non-hydrogen) atoms. The van der Waals surface area contributed by atoms with Gasteiger partial charge in [0.25, 0.3) is 5.91 Å². The lowest BCUT2D eigenvalue weighted by atomic mass is 10.1. The average Bonchev–Trinajstić information content (AvgIpc) is 2.72. The van der Waals surface area contributed by atoms with E-state index >= 15 is 0 Å². The number of carbonyl (C=O) groups is 1. The molecule has 0 atom stereocenters. The molecule has 2 aromatic carbocycles. The van der Waals surface area contributed by atoms with Crippen LogP contribution in [-0.4, -0.2) is 34.4 Å². The molecule has 0 radical (unpaired) electrons. The fourth-order valence-electron chi connectivity index (χ4n) is 2.79. The van der Waals surface area contributed by atoms with Crippen LogP contribution in [0.4, 0.5) is 15.9 Å². The maximum Gasteiger partial charge on any atom is 0.253 e. The molecule has 6 heteroatoms. The standard InChI is InChI=1S/C22H23FN4O/c1-3-4-12-27(2)22(28)16-8-10-19(11-9-16)26-21-14-20(24-15-25-21)17-6-5-7-18(23)13-17/h5-11,13-15H,3-4,12H2,1-2H3,(H,24,25,26). The van der Waals surface area contributed by atoms with Crippen molar-refractivity contribution in [3.63, 3.8) is 0 Å². The van der Waals surface area contributed by atoms with Crippen LogP contribution in [0.15, 0.2) is 60.9 Å². The molecule has 0 spiro atoms. The van der Waals surface area contributed by atoms with Crippen molar-refractivity contribution in [3.05, 3.63) is 72.3 Å². The SMILES string of the molecule is CCCCN(C)C(=O)c1ccc(Nc2cc(-c3cccc(F)c3)ncn2)cc1. The van der Waals surface area contributed by atoms with Gasteiger partial charge >= 0.3 is 0 Å². The minimum Gasteiger partial charge on any atom is -0.342 e. The van der Waals surface area contributed by atoms with Gasteiger partial charge in [-0.3, -0.25) is 4.79 Å². The smallest absolute Gasteiger partial charge is 0.253 e. The lowest BCUT2D eigenvalue weighted by Crippen LogP contribution is -2.27. The van der Waals surface area contributed by atoms with Gasteiger partial charge in [0.2, 0.25) is 0 Å². The number of anilines is 2. The molecule has 0 unspecified atom stereocenters. The third kappa shape index (κ3) is 4.91. The van der Waals surface area contributed by atoms with Crippen LogP contribution in [0.2, 0.25) is 0 Å². The highest BCUT2D eigenvalue weighted by Crippen LogP contribution is 2.22. The van der Waals surface area contributed by atoms with E-state index in [1.54, 1.807) is 35.2 Å². The highest BCUT2D eigenvalue weighted by Gasteiger charge is 2.11. The number of hydrogen-bond donors (Lipinski definition) is 1. The van der Waals surface area contributed by atoms with Crippen molar-refractivity contribution in [1.82, 2.24) is 14.9 Å². The number of amides is 1. The summed E-state index contributed by atoms with van der Waals surface area (Å²) in [5.74, 6) is 0.290. The molecular formula is C22H23FN4O. The third-order valence-corrected chi connectivity index (χ3v) is 4.39. The molecule has 0 saturated carbocycles. The average molecular weight is 378 g/mol. The van der Waals surface area contributed by atoms with Gasteiger partial charge in [0.05, 0.1) is 5.69 Å². The van der Waals surface area contributed by atoms with E-state index in [1.165, 1.54) is 18.5 Å². The van der Waals surface area contributed by atoms with Crippen LogP contribution < -0.4 is 5.32 Å². The molecule has 1 amide bonds. The van der Waals surface area contributed by atoms with E-state index in [0.717, 1.165) is 25.1 Å². The molecule has 0 aliphatic carbocycles. The molecule has 1 N–H and O–H groups in total. The normalized spacial score (nSPS) is 10.5. The Hall–Kier alpha value is -3.28. The summed E-state index contributed by atoms with van der Waals surface area (Å²) in [7, 11) is 1.82. The number of nitrogens with zero attached hydrogens (tertiary/aromatic N) is 3. The Morgan fingerprint density at radius 1 is 1.11 bits per heavy atom. The topological polar surface area (TPSA) is 58.1 Å². The third-order valence-electron chi connectivity index (χ3n) is 4.39. The van der Waals surface area contributed by atoms with Crippen molar-refractivity contribution in [1.29, 1.82) is 0 Å². The van der Waals surface area contributed by atoms with Crippen LogP contribution in [0, 0.1) is 5.82 Å². The summed E-state index contributed by atoms with van der Waals surface area (Å²) in [6.07, 6.45) is 3.48. The van der Waals surface area contributed by atoms with E-state index in [2.05, 4.69) is 22.2 Å². The number of rotatable bonds is 7. The van der Waals surface area contributed by atoms with Gasteiger partial charge in [0.1, 0.15) is 18.0 Å². The number of aromatic nitrogens is 2. The quantitative estimate of drug-likeness (QED) is 0.635. The Morgan fingerprint density at radius 2 is 1.89 bits per heavy atom. The lowest BCUT2D eigenvalue weighted by Gasteiger charge is -2.17. The fourth-order valence-corrected chi connectivity index (χ4v) is 2.79. The van der Waals surface area contributed by atoms with Gasteiger partial charge in [0.15, 0.2) is 0 Å². The molecule has 1 aromatic heterocycles. The molecule has 5 nitrogen and oxygen atoms in total. The van der Waals surface area contributed by atoms with Gasteiger partial charge in [-0.25, -0.2) is 14.4 Å². The molecule has 3 aromatic rings. The minimum atomic E-state index is -0.310. The summed E-state index contributed by atoms with van der Waals surface area (Å²) in [6, 6.07) is 15.3. The molecule has 0 aliphatic rings. The number of hydrogen-bond acceptors (Lipinski definition) is 4. The number of unbranched alkanes of at least 4 members (excludes halogenated alkanes) is 1. The zero-order valence-electron chi connectivity index (χ0n) is 16.0. The molecule has 0 fully saturated rings. The highest BCUT2D eigenvalue weighted by atomic mass is 19.1. The summed E-state index contributed by atoms with van der Waals surface area (Å²) in [5, 5.41) is 3.19. The van der Waals surface area contributed by atoms with E-state index in [-0.39, 0.29) is 11.7 Å². The van der Waals surface area contributed by atoms with Crippen LogP contribution in [0.1, 0.15) is 30.1 Å². The largest absolute Gasteiger partial charge is 0.342 e.